The number of rotatable bonds is 7. The van der Waals surface area contributed by atoms with Crippen molar-refractivity contribution in [3.05, 3.63) is 78.9 Å². The van der Waals surface area contributed by atoms with Crippen LogP contribution in [0.3, 0.4) is 0 Å². The lowest BCUT2D eigenvalue weighted by Gasteiger charge is -2.07. The minimum absolute atomic E-state index is 0.562. The van der Waals surface area contributed by atoms with E-state index in [4.69, 9.17) is 4.84 Å². The fourth-order valence-electron chi connectivity index (χ4n) is 3.06. The molecule has 0 amide bonds. The van der Waals surface area contributed by atoms with Gasteiger partial charge in [0.1, 0.15) is 12.3 Å². The second-order valence-electron chi connectivity index (χ2n) is 7.03. The Kier molecular flexibility index (Phi) is 5.63. The van der Waals surface area contributed by atoms with Gasteiger partial charge in [-0.15, -0.1) is 0 Å². The molecule has 0 bridgehead atoms. The maximum Gasteiger partial charge on any atom is 0.137 e. The van der Waals surface area contributed by atoms with Crippen molar-refractivity contribution in [3.63, 3.8) is 0 Å². The second kappa shape index (κ2) is 8.67. The second-order valence-corrected chi connectivity index (χ2v) is 7.03. The van der Waals surface area contributed by atoms with E-state index >= 15 is 0 Å². The SMILES string of the molecule is CN(C)CCON=Cc1ccn2c(-c3cccc(-c4cccnc4)c3)cnc2c1. The predicted octanol–water partition coefficient (Wildman–Crippen LogP) is 3.98. The van der Waals surface area contributed by atoms with Crippen LogP contribution in [0.2, 0.25) is 0 Å². The fourth-order valence-corrected chi connectivity index (χ4v) is 3.06. The van der Waals surface area contributed by atoms with E-state index in [2.05, 4.69) is 54.8 Å². The van der Waals surface area contributed by atoms with E-state index in [0.717, 1.165) is 40.1 Å². The van der Waals surface area contributed by atoms with Gasteiger partial charge in [-0.05, 0) is 43.9 Å². The summed E-state index contributed by atoms with van der Waals surface area (Å²) in [5.74, 6) is 0. The van der Waals surface area contributed by atoms with Gasteiger partial charge < -0.3 is 9.74 Å². The van der Waals surface area contributed by atoms with Crippen molar-refractivity contribution in [1.82, 2.24) is 19.3 Å². The molecule has 3 heterocycles. The molecular weight excluding hydrogens is 362 g/mol. The quantitative estimate of drug-likeness (QED) is 0.274. The Morgan fingerprint density at radius 2 is 1.90 bits per heavy atom. The molecule has 4 aromatic rings. The Bertz CT molecular complexity index is 1120. The Balaban J connectivity index is 1.56. The van der Waals surface area contributed by atoms with E-state index < -0.39 is 0 Å². The Labute approximate surface area is 170 Å². The summed E-state index contributed by atoms with van der Waals surface area (Å²) in [5, 5.41) is 4.04. The highest BCUT2D eigenvalue weighted by molar-refractivity contribution is 5.81. The molecule has 0 aliphatic carbocycles. The van der Waals surface area contributed by atoms with E-state index in [-0.39, 0.29) is 0 Å². The van der Waals surface area contributed by atoms with E-state index in [1.807, 2.05) is 50.9 Å². The number of oxime groups is 1. The van der Waals surface area contributed by atoms with Crippen LogP contribution in [-0.2, 0) is 4.84 Å². The predicted molar refractivity (Wildman–Crippen MR) is 116 cm³/mol. The van der Waals surface area contributed by atoms with Crippen LogP contribution in [0, 0.1) is 0 Å². The zero-order valence-electron chi connectivity index (χ0n) is 16.6. The molecule has 4 rings (SSSR count). The summed E-state index contributed by atoms with van der Waals surface area (Å²) in [6, 6.07) is 16.4. The van der Waals surface area contributed by atoms with Gasteiger partial charge in [-0.1, -0.05) is 29.4 Å². The Morgan fingerprint density at radius 3 is 2.72 bits per heavy atom. The molecule has 0 radical (unpaired) electrons. The van der Waals surface area contributed by atoms with Crippen LogP contribution in [0.15, 0.2) is 78.5 Å². The van der Waals surface area contributed by atoms with Gasteiger partial charge in [0.2, 0.25) is 0 Å². The lowest BCUT2D eigenvalue weighted by molar-refractivity contribution is 0.127. The summed E-state index contributed by atoms with van der Waals surface area (Å²) < 4.78 is 2.08. The van der Waals surface area contributed by atoms with Crippen molar-refractivity contribution >= 4 is 11.9 Å². The van der Waals surface area contributed by atoms with Crippen molar-refractivity contribution in [2.75, 3.05) is 27.2 Å². The van der Waals surface area contributed by atoms with Gasteiger partial charge in [0.25, 0.3) is 0 Å². The van der Waals surface area contributed by atoms with Crippen molar-refractivity contribution < 1.29 is 4.84 Å². The molecule has 146 valence electrons. The monoisotopic (exact) mass is 385 g/mol. The summed E-state index contributed by atoms with van der Waals surface area (Å²) >= 11 is 0. The van der Waals surface area contributed by atoms with Gasteiger partial charge in [0.05, 0.1) is 18.1 Å². The third-order valence-corrected chi connectivity index (χ3v) is 4.60. The molecule has 0 saturated carbocycles. The molecule has 1 aromatic carbocycles. The van der Waals surface area contributed by atoms with Crippen molar-refractivity contribution in [2.24, 2.45) is 5.16 Å². The molecule has 0 spiro atoms. The van der Waals surface area contributed by atoms with Crippen LogP contribution in [0.1, 0.15) is 5.56 Å². The van der Waals surface area contributed by atoms with Gasteiger partial charge in [0.15, 0.2) is 0 Å². The minimum atomic E-state index is 0.562. The molecule has 0 atom stereocenters. The lowest BCUT2D eigenvalue weighted by Crippen LogP contribution is -2.16. The van der Waals surface area contributed by atoms with Gasteiger partial charge in [-0.2, -0.15) is 0 Å². The first-order valence-electron chi connectivity index (χ1n) is 9.49. The molecule has 29 heavy (non-hydrogen) atoms. The van der Waals surface area contributed by atoms with Gasteiger partial charge in [-0.3, -0.25) is 9.38 Å². The average molecular weight is 385 g/mol. The Morgan fingerprint density at radius 1 is 1.03 bits per heavy atom. The van der Waals surface area contributed by atoms with Crippen molar-refractivity contribution in [3.8, 4) is 22.4 Å². The zero-order chi connectivity index (χ0) is 20.1. The number of hydrogen-bond donors (Lipinski definition) is 0. The van der Waals surface area contributed by atoms with Crippen molar-refractivity contribution in [1.29, 1.82) is 0 Å². The number of pyridine rings is 2. The molecule has 0 saturated heterocycles. The van der Waals surface area contributed by atoms with Crippen LogP contribution in [-0.4, -0.2) is 52.7 Å². The maximum atomic E-state index is 5.29. The summed E-state index contributed by atoms with van der Waals surface area (Å²) in [5.41, 5.74) is 6.18. The normalized spacial score (nSPS) is 11.6. The van der Waals surface area contributed by atoms with Crippen LogP contribution in [0.5, 0.6) is 0 Å². The first-order valence-corrected chi connectivity index (χ1v) is 9.49. The van der Waals surface area contributed by atoms with Crippen LogP contribution >= 0.6 is 0 Å². The summed E-state index contributed by atoms with van der Waals surface area (Å²) in [6.45, 7) is 1.39. The lowest BCUT2D eigenvalue weighted by atomic mass is 10.0. The smallest absolute Gasteiger partial charge is 0.137 e. The largest absolute Gasteiger partial charge is 0.394 e. The molecule has 0 N–H and O–H groups in total. The highest BCUT2D eigenvalue weighted by atomic mass is 16.6. The van der Waals surface area contributed by atoms with Crippen LogP contribution in [0.4, 0.5) is 0 Å². The average Bonchev–Trinajstić information content (AvgIpc) is 3.17. The maximum absolute atomic E-state index is 5.29. The Hall–Kier alpha value is -3.51. The first-order chi connectivity index (χ1) is 14.2. The summed E-state index contributed by atoms with van der Waals surface area (Å²) in [6.07, 6.45) is 9.28. The third-order valence-electron chi connectivity index (χ3n) is 4.60. The molecule has 0 aliphatic heterocycles. The van der Waals surface area contributed by atoms with E-state index in [9.17, 15) is 0 Å². The molecular formula is C23H23N5O. The van der Waals surface area contributed by atoms with E-state index in [0.29, 0.717) is 6.61 Å². The molecule has 6 heteroatoms. The fraction of sp³-hybridized carbons (Fsp3) is 0.174. The van der Waals surface area contributed by atoms with Crippen LogP contribution in [0.25, 0.3) is 28.0 Å². The number of benzene rings is 1. The highest BCUT2D eigenvalue weighted by Crippen LogP contribution is 2.26. The standard InChI is InChI=1S/C23H23N5O/c1-27(2)11-12-29-26-15-18-8-10-28-22(17-25-23(28)13-18)20-6-3-5-19(14-20)21-7-4-9-24-16-21/h3-10,13-17H,11-12H2,1-2H3. The zero-order valence-corrected chi connectivity index (χ0v) is 16.6. The van der Waals surface area contributed by atoms with E-state index in [1.165, 1.54) is 0 Å². The topological polar surface area (TPSA) is 55.0 Å². The van der Waals surface area contributed by atoms with Crippen LogP contribution < -0.4 is 0 Å². The number of nitrogens with zero attached hydrogens (tertiary/aromatic N) is 5. The van der Waals surface area contributed by atoms with Crippen molar-refractivity contribution in [2.45, 2.75) is 0 Å². The first kappa shape index (κ1) is 18.8. The van der Waals surface area contributed by atoms with Gasteiger partial charge in [0, 0.05) is 41.8 Å². The highest BCUT2D eigenvalue weighted by Gasteiger charge is 2.08. The summed E-state index contributed by atoms with van der Waals surface area (Å²) in [4.78, 5) is 16.1. The third kappa shape index (κ3) is 4.50. The molecule has 3 aromatic heterocycles. The van der Waals surface area contributed by atoms with Gasteiger partial charge in [-0.25, -0.2) is 4.98 Å². The van der Waals surface area contributed by atoms with Gasteiger partial charge >= 0.3 is 0 Å². The molecule has 0 aliphatic rings. The number of aromatic nitrogens is 3. The number of imidazole rings is 1. The molecule has 0 unspecified atom stereocenters. The number of hydrogen-bond acceptors (Lipinski definition) is 5. The van der Waals surface area contributed by atoms with E-state index in [1.54, 1.807) is 12.4 Å². The summed E-state index contributed by atoms with van der Waals surface area (Å²) in [7, 11) is 4.01. The minimum Gasteiger partial charge on any atom is -0.394 e. The molecule has 6 nitrogen and oxygen atoms in total. The number of likely N-dealkylation sites (N-methyl/N-ethyl adjacent to an activating group) is 1. The molecule has 0 fully saturated rings. The number of fused-ring (bicyclic) bond motifs is 1.